The molecule has 14 heteroatoms. The van der Waals surface area contributed by atoms with Crippen LogP contribution < -0.4 is 0 Å². The lowest BCUT2D eigenvalue weighted by Gasteiger charge is -2.14. The van der Waals surface area contributed by atoms with Crippen molar-refractivity contribution in [3.05, 3.63) is 11.4 Å². The maximum atomic E-state index is 12.2. The zero-order chi connectivity index (χ0) is 23.9. The van der Waals surface area contributed by atoms with Crippen LogP contribution in [0.2, 0.25) is 0 Å². The third-order valence-electron chi connectivity index (χ3n) is 5.74. The van der Waals surface area contributed by atoms with Crippen LogP contribution in [0.25, 0.3) is 0 Å². The van der Waals surface area contributed by atoms with Crippen molar-refractivity contribution >= 4 is 35.4 Å². The molecule has 2 aromatic rings. The van der Waals surface area contributed by atoms with Crippen LogP contribution in [0.5, 0.6) is 11.8 Å². The number of fused-ring (bicyclic) bond motifs is 2. The fraction of sp³-hybridized carbons (Fsp3) is 0.474. The molecule has 0 aromatic carbocycles. The molecule has 2 aliphatic rings. The van der Waals surface area contributed by atoms with Gasteiger partial charge in [-0.05, 0) is 26.7 Å². The number of hydrogen-bond acceptors (Lipinski definition) is 10. The number of azo groups is 2. The van der Waals surface area contributed by atoms with Gasteiger partial charge >= 0.3 is 0 Å². The van der Waals surface area contributed by atoms with Gasteiger partial charge in [-0.3, -0.25) is 20.4 Å². The van der Waals surface area contributed by atoms with E-state index in [0.29, 0.717) is 32.1 Å². The number of rotatable bonds is 10. The zero-order valence-electron chi connectivity index (χ0n) is 18.0. The van der Waals surface area contributed by atoms with Gasteiger partial charge in [0.25, 0.3) is 23.8 Å². The number of imidazole rings is 2. The standard InChI is InChI=1S/C19H22N10O4/c1-8(30)10(12-14(32)28-16(20)24-26-18(28)22-12)6-4-3-5-7-11(9(2)31)13-15(33)29-17(21)25-27-19(29)23-13/h10-11,20-21,32-33H,3-7H2,1-2H3. The molecule has 2 atom stereocenters. The van der Waals surface area contributed by atoms with Crippen molar-refractivity contribution in [3.63, 3.8) is 0 Å². The molecular formula is C19H22N10O4. The Hall–Kier alpha value is -4.10. The molecule has 0 radical (unpaired) electrons. The fourth-order valence-electron chi connectivity index (χ4n) is 4.04. The summed E-state index contributed by atoms with van der Waals surface area (Å²) in [5, 5.41) is 50.6. The van der Waals surface area contributed by atoms with Gasteiger partial charge in [-0.1, -0.05) is 19.3 Å². The van der Waals surface area contributed by atoms with E-state index >= 15 is 0 Å². The number of aromatic hydroxyl groups is 2. The van der Waals surface area contributed by atoms with Crippen LogP contribution in [0.4, 0.5) is 11.9 Å². The van der Waals surface area contributed by atoms with Crippen molar-refractivity contribution in [2.24, 2.45) is 20.5 Å². The molecule has 2 unspecified atom stereocenters. The average Bonchev–Trinajstić information content (AvgIpc) is 3.47. The van der Waals surface area contributed by atoms with Gasteiger partial charge in [0.05, 0.1) is 11.8 Å². The van der Waals surface area contributed by atoms with E-state index in [1.54, 1.807) is 0 Å². The number of ketones is 2. The number of unbranched alkanes of at least 4 members (excludes halogenated alkanes) is 2. The second-order valence-electron chi connectivity index (χ2n) is 7.92. The largest absolute Gasteiger partial charge is 0.493 e. The van der Waals surface area contributed by atoms with Gasteiger partial charge in [0.1, 0.15) is 23.0 Å². The molecular weight excluding hydrogens is 432 g/mol. The van der Waals surface area contributed by atoms with Crippen molar-refractivity contribution in [2.45, 2.75) is 57.8 Å². The summed E-state index contributed by atoms with van der Waals surface area (Å²) < 4.78 is 2.16. The minimum atomic E-state index is -0.647. The highest BCUT2D eigenvalue weighted by Gasteiger charge is 2.32. The Labute approximate surface area is 187 Å². The molecule has 0 fully saturated rings. The summed E-state index contributed by atoms with van der Waals surface area (Å²) in [5.74, 6) is -2.61. The topological polar surface area (TPSA) is 207 Å². The van der Waals surface area contributed by atoms with Crippen LogP contribution in [0.3, 0.4) is 0 Å². The normalized spacial score (nSPS) is 15.7. The summed E-state index contributed by atoms with van der Waals surface area (Å²) in [6, 6.07) is 0. The third kappa shape index (κ3) is 3.83. The second-order valence-corrected chi connectivity index (χ2v) is 7.92. The molecule has 2 aromatic heterocycles. The van der Waals surface area contributed by atoms with E-state index in [0.717, 1.165) is 9.13 Å². The lowest BCUT2D eigenvalue weighted by atomic mass is 9.91. The van der Waals surface area contributed by atoms with E-state index in [9.17, 15) is 19.8 Å². The molecule has 0 bridgehead atoms. The van der Waals surface area contributed by atoms with E-state index in [-0.39, 0.29) is 58.5 Å². The van der Waals surface area contributed by atoms with Crippen molar-refractivity contribution in [3.8, 4) is 11.8 Å². The summed E-state index contributed by atoms with van der Waals surface area (Å²) in [6.07, 6.45) is 2.79. The summed E-state index contributed by atoms with van der Waals surface area (Å²) in [7, 11) is 0. The minimum absolute atomic E-state index is 0.0717. The molecule has 0 saturated carbocycles. The number of carbonyl (C=O) groups is 2. The Morgan fingerprint density at radius 2 is 1.15 bits per heavy atom. The van der Waals surface area contributed by atoms with Crippen LogP contribution in [0.1, 0.15) is 69.2 Å². The molecule has 0 spiro atoms. The highest BCUT2D eigenvalue weighted by Crippen LogP contribution is 2.38. The second kappa shape index (κ2) is 8.44. The smallest absolute Gasteiger partial charge is 0.259 e. The molecule has 4 N–H and O–H groups in total. The maximum absolute atomic E-state index is 12.2. The maximum Gasteiger partial charge on any atom is 0.259 e. The van der Waals surface area contributed by atoms with Gasteiger partial charge in [0.15, 0.2) is 0 Å². The van der Waals surface area contributed by atoms with Gasteiger partial charge < -0.3 is 10.2 Å². The first-order valence-corrected chi connectivity index (χ1v) is 10.4. The lowest BCUT2D eigenvalue weighted by molar-refractivity contribution is -0.119. The van der Waals surface area contributed by atoms with Gasteiger partial charge in [-0.2, -0.15) is 0 Å². The first-order chi connectivity index (χ1) is 15.7. The van der Waals surface area contributed by atoms with Gasteiger partial charge in [0, 0.05) is 0 Å². The highest BCUT2D eigenvalue weighted by molar-refractivity contribution is 5.89. The molecule has 0 amide bonds. The Kier molecular flexibility index (Phi) is 5.66. The fourth-order valence-corrected chi connectivity index (χ4v) is 4.04. The SMILES string of the molecule is CC(=O)C(CCCCCC(C(C)=O)c1nc2n(c1O)C(=N)N=N2)c1nc2n(c1O)C(=N)N=N2. The Balaban J connectivity index is 1.37. The molecule has 0 aliphatic carbocycles. The first-order valence-electron chi connectivity index (χ1n) is 10.4. The van der Waals surface area contributed by atoms with Crippen molar-refractivity contribution < 1.29 is 19.8 Å². The molecule has 0 saturated heterocycles. The van der Waals surface area contributed by atoms with Gasteiger partial charge in [-0.25, -0.2) is 19.1 Å². The van der Waals surface area contributed by atoms with Crippen LogP contribution >= 0.6 is 0 Å². The predicted molar refractivity (Wildman–Crippen MR) is 113 cm³/mol. The van der Waals surface area contributed by atoms with Crippen molar-refractivity contribution in [1.29, 1.82) is 10.8 Å². The Bertz CT molecular complexity index is 1140. The summed E-state index contributed by atoms with van der Waals surface area (Å²) >= 11 is 0. The van der Waals surface area contributed by atoms with E-state index < -0.39 is 11.8 Å². The quantitative estimate of drug-likeness (QED) is 0.396. The number of carbonyl (C=O) groups excluding carboxylic acids is 2. The average molecular weight is 454 g/mol. The molecule has 172 valence electrons. The zero-order valence-corrected chi connectivity index (χ0v) is 18.0. The molecule has 4 rings (SSSR count). The Morgan fingerprint density at radius 3 is 1.48 bits per heavy atom. The molecule has 4 heterocycles. The van der Waals surface area contributed by atoms with Crippen molar-refractivity contribution in [2.75, 3.05) is 0 Å². The number of aromatic nitrogens is 4. The number of nitrogens with zero attached hydrogens (tertiary/aromatic N) is 8. The lowest BCUT2D eigenvalue weighted by Crippen LogP contribution is -2.12. The van der Waals surface area contributed by atoms with Crippen LogP contribution in [0.15, 0.2) is 20.5 Å². The molecule has 2 aliphatic heterocycles. The number of nitrogens with one attached hydrogen (secondary N) is 2. The summed E-state index contributed by atoms with van der Waals surface area (Å²) in [6.45, 7) is 2.84. The number of Topliss-reactive ketones (excluding diaryl/α,β-unsaturated/α-hetero) is 2. The highest BCUT2D eigenvalue weighted by atomic mass is 16.3. The monoisotopic (exact) mass is 454 g/mol. The van der Waals surface area contributed by atoms with E-state index in [4.69, 9.17) is 10.8 Å². The Morgan fingerprint density at radius 1 is 0.758 bits per heavy atom. The summed E-state index contributed by atoms with van der Waals surface area (Å²) in [5.41, 5.74) is 0.355. The minimum Gasteiger partial charge on any atom is -0.493 e. The number of hydrogen-bond donors (Lipinski definition) is 4. The van der Waals surface area contributed by atoms with Gasteiger partial charge in [-0.15, -0.1) is 20.5 Å². The predicted octanol–water partition coefficient (Wildman–Crippen LogP) is 3.25. The first kappa shape index (κ1) is 22.1. The van der Waals surface area contributed by atoms with E-state index in [1.165, 1.54) is 13.8 Å². The van der Waals surface area contributed by atoms with E-state index in [1.807, 2.05) is 0 Å². The van der Waals surface area contributed by atoms with Crippen LogP contribution in [-0.4, -0.2) is 52.8 Å². The molecule has 33 heavy (non-hydrogen) atoms. The van der Waals surface area contributed by atoms with Crippen molar-refractivity contribution in [1.82, 2.24) is 19.1 Å². The van der Waals surface area contributed by atoms with E-state index in [2.05, 4.69) is 30.4 Å². The third-order valence-corrected chi connectivity index (χ3v) is 5.74. The van der Waals surface area contributed by atoms with Gasteiger partial charge in [0.2, 0.25) is 11.8 Å². The summed E-state index contributed by atoms with van der Waals surface area (Å²) in [4.78, 5) is 32.7. The van der Waals surface area contributed by atoms with Crippen LogP contribution in [0, 0.1) is 10.8 Å². The molecule has 14 nitrogen and oxygen atoms in total. The van der Waals surface area contributed by atoms with Crippen LogP contribution in [-0.2, 0) is 9.59 Å².